The van der Waals surface area contributed by atoms with E-state index in [1.165, 1.54) is 347 Å². The molecule has 0 saturated heterocycles. The van der Waals surface area contributed by atoms with Crippen LogP contribution in [0.5, 0.6) is 0 Å². The van der Waals surface area contributed by atoms with E-state index in [4.69, 9.17) is 4.74 Å². The third-order valence-corrected chi connectivity index (χ3v) is 18.6. The molecule has 0 aliphatic rings. The zero-order chi connectivity index (χ0) is 63.5. The van der Waals surface area contributed by atoms with Gasteiger partial charge < -0.3 is 20.3 Å². The van der Waals surface area contributed by atoms with E-state index in [1.807, 2.05) is 0 Å². The summed E-state index contributed by atoms with van der Waals surface area (Å²) in [4.78, 5) is 24.6. The van der Waals surface area contributed by atoms with Crippen molar-refractivity contribution in [1.29, 1.82) is 0 Å². The highest BCUT2D eigenvalue weighted by molar-refractivity contribution is 5.76. The maximum atomic E-state index is 12.5. The summed E-state index contributed by atoms with van der Waals surface area (Å²) in [6.07, 6.45) is 102. The summed E-state index contributed by atoms with van der Waals surface area (Å²) in [7, 11) is 0. The van der Waals surface area contributed by atoms with Gasteiger partial charge in [-0.15, -0.1) is 0 Å². The summed E-state index contributed by atoms with van der Waals surface area (Å²) in [6, 6.07) is -0.539. The van der Waals surface area contributed by atoms with Gasteiger partial charge in [0.2, 0.25) is 5.91 Å². The summed E-state index contributed by atoms with van der Waals surface area (Å²) >= 11 is 0. The monoisotopic (exact) mass is 1230 g/mol. The Morgan fingerprint density at radius 3 is 0.886 bits per heavy atom. The molecular formula is C82H155NO5. The molecule has 518 valence electrons. The van der Waals surface area contributed by atoms with Crippen LogP contribution in [-0.4, -0.2) is 47.4 Å². The second-order valence-electron chi connectivity index (χ2n) is 27.4. The van der Waals surface area contributed by atoms with Crippen LogP contribution in [0, 0.1) is 0 Å². The molecule has 6 nitrogen and oxygen atoms in total. The van der Waals surface area contributed by atoms with Crippen molar-refractivity contribution in [3.8, 4) is 0 Å². The molecule has 3 N–H and O–H groups in total. The number of amides is 1. The molecule has 0 saturated carbocycles. The molecular weight excluding hydrogens is 1080 g/mol. The fourth-order valence-corrected chi connectivity index (χ4v) is 12.5. The number of esters is 1. The molecule has 2 atom stereocenters. The summed E-state index contributed by atoms with van der Waals surface area (Å²) < 4.78 is 5.50. The van der Waals surface area contributed by atoms with Crippen molar-refractivity contribution < 1.29 is 24.5 Å². The Bertz CT molecular complexity index is 1470. The number of hydrogen-bond donors (Lipinski definition) is 3. The molecule has 88 heavy (non-hydrogen) atoms. The van der Waals surface area contributed by atoms with Crippen LogP contribution >= 0.6 is 0 Å². The molecule has 0 aromatic heterocycles. The molecule has 6 heteroatoms. The average molecular weight is 1240 g/mol. The number of carbonyl (C=O) groups excluding carboxylic acids is 2. The second-order valence-corrected chi connectivity index (χ2v) is 27.4. The zero-order valence-electron chi connectivity index (χ0n) is 59.5. The smallest absolute Gasteiger partial charge is 0.305 e. The second kappa shape index (κ2) is 77.3. The Hall–Kier alpha value is -2.18. The number of nitrogens with one attached hydrogen (secondary N) is 1. The van der Waals surface area contributed by atoms with E-state index in [0.29, 0.717) is 25.9 Å². The van der Waals surface area contributed by atoms with Crippen LogP contribution in [0.4, 0.5) is 0 Å². The van der Waals surface area contributed by atoms with E-state index in [-0.39, 0.29) is 18.5 Å². The van der Waals surface area contributed by atoms with Crippen molar-refractivity contribution in [2.45, 2.75) is 450 Å². The predicted octanol–water partition coefficient (Wildman–Crippen LogP) is 26.4. The number of aliphatic hydroxyl groups is 2. The topological polar surface area (TPSA) is 95.9 Å². The SMILES string of the molecule is CCCCC/C=C\C/C=C\CCCCCCCCCC(=O)OCCCCCCCCCCCCCCCCC/C=C\C/C=C\CCCCCCCCCCCCCCCCCCCC(=O)NC(CO)C(O)CCCCCCCCCCCCCCCCC. The highest BCUT2D eigenvalue weighted by atomic mass is 16.5. The van der Waals surface area contributed by atoms with Crippen LogP contribution in [0.3, 0.4) is 0 Å². The number of aliphatic hydroxyl groups excluding tert-OH is 2. The van der Waals surface area contributed by atoms with Gasteiger partial charge in [0.15, 0.2) is 0 Å². The first-order valence-electron chi connectivity index (χ1n) is 39.9. The third-order valence-electron chi connectivity index (χ3n) is 18.6. The summed E-state index contributed by atoms with van der Waals surface area (Å²) in [5.74, 6) is -0.0160. The number of ether oxygens (including phenoxy) is 1. The minimum atomic E-state index is -0.662. The van der Waals surface area contributed by atoms with Crippen LogP contribution in [0.15, 0.2) is 48.6 Å². The van der Waals surface area contributed by atoms with Gasteiger partial charge in [-0.25, -0.2) is 0 Å². The Labute approximate surface area is 550 Å². The fraction of sp³-hybridized carbons (Fsp3) is 0.878. The van der Waals surface area contributed by atoms with Gasteiger partial charge >= 0.3 is 5.97 Å². The molecule has 1 amide bonds. The van der Waals surface area contributed by atoms with Crippen molar-refractivity contribution in [2.75, 3.05) is 13.2 Å². The molecule has 0 heterocycles. The van der Waals surface area contributed by atoms with Gasteiger partial charge in [-0.2, -0.15) is 0 Å². The predicted molar refractivity (Wildman–Crippen MR) is 389 cm³/mol. The molecule has 0 aliphatic carbocycles. The largest absolute Gasteiger partial charge is 0.466 e. The Morgan fingerprint density at radius 1 is 0.318 bits per heavy atom. The third kappa shape index (κ3) is 72.9. The van der Waals surface area contributed by atoms with Gasteiger partial charge in [0.05, 0.1) is 25.4 Å². The molecule has 0 aliphatic heterocycles. The van der Waals surface area contributed by atoms with Crippen molar-refractivity contribution in [2.24, 2.45) is 0 Å². The van der Waals surface area contributed by atoms with Crippen LogP contribution in [0.25, 0.3) is 0 Å². The van der Waals surface area contributed by atoms with Gasteiger partial charge in [0, 0.05) is 12.8 Å². The van der Waals surface area contributed by atoms with Gasteiger partial charge in [0.25, 0.3) is 0 Å². The first-order chi connectivity index (χ1) is 43.5. The Kier molecular flexibility index (Phi) is 75.4. The summed E-state index contributed by atoms with van der Waals surface area (Å²) in [5, 5.41) is 23.4. The molecule has 0 rings (SSSR count). The lowest BCUT2D eigenvalue weighted by Gasteiger charge is -2.22. The highest BCUT2D eigenvalue weighted by Gasteiger charge is 2.20. The summed E-state index contributed by atoms with van der Waals surface area (Å²) in [5.41, 5.74) is 0. The van der Waals surface area contributed by atoms with E-state index >= 15 is 0 Å². The quantitative estimate of drug-likeness (QED) is 0.0320. The molecule has 0 spiro atoms. The van der Waals surface area contributed by atoms with Gasteiger partial charge in [0.1, 0.15) is 0 Å². The van der Waals surface area contributed by atoms with Crippen LogP contribution in [0.2, 0.25) is 0 Å². The number of hydrogen-bond acceptors (Lipinski definition) is 5. The van der Waals surface area contributed by atoms with E-state index in [0.717, 1.165) is 57.8 Å². The molecule has 0 fully saturated rings. The maximum absolute atomic E-state index is 12.5. The Morgan fingerprint density at radius 2 is 0.568 bits per heavy atom. The average Bonchev–Trinajstić information content (AvgIpc) is 3.59. The van der Waals surface area contributed by atoms with Crippen molar-refractivity contribution >= 4 is 11.9 Å². The van der Waals surface area contributed by atoms with E-state index in [9.17, 15) is 19.8 Å². The fourth-order valence-electron chi connectivity index (χ4n) is 12.5. The highest BCUT2D eigenvalue weighted by Crippen LogP contribution is 2.19. The lowest BCUT2D eigenvalue weighted by atomic mass is 10.0. The van der Waals surface area contributed by atoms with Crippen LogP contribution in [-0.2, 0) is 14.3 Å². The number of allylic oxidation sites excluding steroid dienone is 8. The van der Waals surface area contributed by atoms with Gasteiger partial charge in [-0.1, -0.05) is 383 Å². The zero-order valence-corrected chi connectivity index (χ0v) is 59.5. The van der Waals surface area contributed by atoms with Crippen molar-refractivity contribution in [1.82, 2.24) is 5.32 Å². The van der Waals surface area contributed by atoms with Crippen LogP contribution in [0.1, 0.15) is 438 Å². The van der Waals surface area contributed by atoms with Crippen LogP contribution < -0.4 is 5.32 Å². The van der Waals surface area contributed by atoms with E-state index < -0.39 is 12.1 Å². The minimum Gasteiger partial charge on any atom is -0.466 e. The molecule has 0 aromatic rings. The maximum Gasteiger partial charge on any atom is 0.305 e. The number of carbonyl (C=O) groups is 2. The lowest BCUT2D eigenvalue weighted by Crippen LogP contribution is -2.45. The standard InChI is InChI=1S/C82H155NO5/c1-3-5-7-9-11-13-15-17-19-43-48-52-56-60-64-68-72-76-82(87)88-77-73-69-65-61-57-53-49-45-42-40-38-36-34-32-30-28-26-24-22-20-21-23-25-27-29-31-33-35-37-39-41-44-47-51-55-59-63-67-71-75-81(86)83-79(78-84)80(85)74-70-66-62-58-54-50-46-18-16-14-12-10-8-6-4-2/h11,13,17,19-21,24,26,79-80,84-85H,3-10,12,14-16,18,22-23,25,27-78H2,1-2H3,(H,83,86)/b13-11-,19-17-,21-20-,26-24-. The van der Waals surface area contributed by atoms with Gasteiger partial charge in [-0.05, 0) is 89.9 Å². The lowest BCUT2D eigenvalue weighted by molar-refractivity contribution is -0.143. The van der Waals surface area contributed by atoms with E-state index in [2.05, 4.69) is 67.8 Å². The van der Waals surface area contributed by atoms with Crippen molar-refractivity contribution in [3.63, 3.8) is 0 Å². The molecule has 0 aromatic carbocycles. The first kappa shape index (κ1) is 85.8. The normalized spacial score (nSPS) is 12.7. The first-order valence-corrected chi connectivity index (χ1v) is 39.9. The molecule has 0 radical (unpaired) electrons. The van der Waals surface area contributed by atoms with E-state index in [1.54, 1.807) is 0 Å². The number of unbranched alkanes of at least 4 members (excludes halogenated alkanes) is 56. The molecule has 2 unspecified atom stereocenters. The Balaban J connectivity index is 3.34. The van der Waals surface area contributed by atoms with Crippen molar-refractivity contribution in [3.05, 3.63) is 48.6 Å². The summed E-state index contributed by atoms with van der Waals surface area (Å²) in [6.45, 7) is 4.96. The van der Waals surface area contributed by atoms with Gasteiger partial charge in [-0.3, -0.25) is 9.59 Å². The number of rotatable bonds is 75. The molecule has 0 bridgehead atoms. The minimum absolute atomic E-state index is 0.0129.